The number of hydrogen-bond donors (Lipinski definition) is 1. The van der Waals surface area contributed by atoms with E-state index in [-0.39, 0.29) is 29.5 Å². The zero-order valence-corrected chi connectivity index (χ0v) is 22.8. The number of ether oxygens (including phenoxy) is 2. The van der Waals surface area contributed by atoms with Crippen molar-refractivity contribution in [2.45, 2.75) is 22.8 Å². The largest absolute Gasteiger partial charge is 0.492 e. The van der Waals surface area contributed by atoms with Gasteiger partial charge in [-0.2, -0.15) is 0 Å². The molecule has 1 heterocycles. The average molecular weight is 560 g/mol. The van der Waals surface area contributed by atoms with Crippen LogP contribution in [-0.4, -0.2) is 66.9 Å². The van der Waals surface area contributed by atoms with E-state index in [4.69, 9.17) is 9.47 Å². The minimum Gasteiger partial charge on any atom is -0.492 e. The van der Waals surface area contributed by atoms with Gasteiger partial charge >= 0.3 is 0 Å². The third kappa shape index (κ3) is 5.77. The van der Waals surface area contributed by atoms with Crippen LogP contribution in [0.15, 0.2) is 82.6 Å². The second-order valence-corrected chi connectivity index (χ2v) is 12.8. The molecule has 3 aromatic carbocycles. The van der Waals surface area contributed by atoms with E-state index in [1.807, 2.05) is 6.92 Å². The SMILES string of the molecule is Cc1ccc2c(c1)N(S(=O)(=O)c1ccccc1)C[C@@H](C(=O)NCCOc1ccc(S(=O)(=O)N(C)C)cc1)O2. The molecule has 1 amide bonds. The van der Waals surface area contributed by atoms with Gasteiger partial charge in [-0.3, -0.25) is 9.10 Å². The lowest BCUT2D eigenvalue weighted by Gasteiger charge is -2.35. The molecule has 0 unspecified atom stereocenters. The van der Waals surface area contributed by atoms with Crippen molar-refractivity contribution in [1.29, 1.82) is 0 Å². The van der Waals surface area contributed by atoms with Gasteiger partial charge < -0.3 is 14.8 Å². The van der Waals surface area contributed by atoms with Crippen LogP contribution in [0.5, 0.6) is 11.5 Å². The Bertz CT molecular complexity index is 1510. The Kier molecular flexibility index (Phi) is 7.95. The lowest BCUT2D eigenvalue weighted by atomic mass is 10.1. The van der Waals surface area contributed by atoms with Crippen LogP contribution in [0.4, 0.5) is 5.69 Å². The highest BCUT2D eigenvalue weighted by Crippen LogP contribution is 2.37. The minimum absolute atomic E-state index is 0.111. The number of carbonyl (C=O) groups excluding carboxylic acids is 1. The van der Waals surface area contributed by atoms with Gasteiger partial charge in [-0.05, 0) is 61.0 Å². The Balaban J connectivity index is 1.41. The quantitative estimate of drug-likeness (QED) is 0.400. The van der Waals surface area contributed by atoms with Crippen molar-refractivity contribution in [3.05, 3.63) is 78.4 Å². The molecule has 0 bridgehead atoms. The zero-order chi connectivity index (χ0) is 27.5. The van der Waals surface area contributed by atoms with Crippen LogP contribution in [0.25, 0.3) is 0 Å². The van der Waals surface area contributed by atoms with Gasteiger partial charge in [0, 0.05) is 14.1 Å². The van der Waals surface area contributed by atoms with Crippen molar-refractivity contribution >= 4 is 31.6 Å². The maximum atomic E-state index is 13.4. The fraction of sp³-hybridized carbons (Fsp3) is 0.269. The highest BCUT2D eigenvalue weighted by molar-refractivity contribution is 7.92. The molecule has 202 valence electrons. The summed E-state index contributed by atoms with van der Waals surface area (Å²) in [4.78, 5) is 13.2. The van der Waals surface area contributed by atoms with Crippen LogP contribution in [-0.2, 0) is 24.8 Å². The van der Waals surface area contributed by atoms with Gasteiger partial charge in [0.25, 0.3) is 15.9 Å². The normalized spacial score (nSPS) is 15.5. The second-order valence-electron chi connectivity index (χ2n) is 8.83. The molecule has 1 aliphatic rings. The maximum absolute atomic E-state index is 13.4. The Labute approximate surface area is 222 Å². The number of amides is 1. The minimum atomic E-state index is -3.94. The number of nitrogens with zero attached hydrogens (tertiary/aromatic N) is 2. The van der Waals surface area contributed by atoms with Crippen LogP contribution < -0.4 is 19.1 Å². The number of aryl methyl sites for hydroxylation is 1. The molecule has 0 saturated heterocycles. The molecule has 1 aliphatic heterocycles. The molecular weight excluding hydrogens is 530 g/mol. The van der Waals surface area contributed by atoms with Gasteiger partial charge in [-0.25, -0.2) is 21.1 Å². The van der Waals surface area contributed by atoms with E-state index >= 15 is 0 Å². The third-order valence-electron chi connectivity index (χ3n) is 5.88. The van der Waals surface area contributed by atoms with Crippen molar-refractivity contribution in [2.75, 3.05) is 38.1 Å². The highest BCUT2D eigenvalue weighted by atomic mass is 32.2. The summed E-state index contributed by atoms with van der Waals surface area (Å²) in [7, 11) is -4.57. The fourth-order valence-corrected chi connectivity index (χ4v) is 6.21. The van der Waals surface area contributed by atoms with Crippen LogP contribution in [0.3, 0.4) is 0 Å². The Morgan fingerprint density at radius 1 is 1.00 bits per heavy atom. The maximum Gasteiger partial charge on any atom is 0.264 e. The first kappa shape index (κ1) is 27.4. The molecule has 0 aromatic heterocycles. The topological polar surface area (TPSA) is 122 Å². The lowest BCUT2D eigenvalue weighted by molar-refractivity contribution is -0.127. The van der Waals surface area contributed by atoms with Crippen LogP contribution in [0.2, 0.25) is 0 Å². The standard InChI is InChI=1S/C26H29N3O7S2/c1-19-9-14-24-23(17-19)29(38(33,34)21-7-5-4-6-8-21)18-25(36-24)26(30)27-15-16-35-20-10-12-22(13-11-20)37(31,32)28(2)3/h4-14,17,25H,15-16,18H2,1-3H3,(H,27,30)/t25-/m0/s1. The first-order chi connectivity index (χ1) is 18.0. The summed E-state index contributed by atoms with van der Waals surface area (Å²) in [5, 5.41) is 2.71. The van der Waals surface area contributed by atoms with Crippen LogP contribution >= 0.6 is 0 Å². The van der Waals surface area contributed by atoms with Gasteiger partial charge in [0.2, 0.25) is 10.0 Å². The molecule has 12 heteroatoms. The number of hydrogen-bond acceptors (Lipinski definition) is 7. The van der Waals surface area contributed by atoms with Crippen LogP contribution in [0, 0.1) is 6.92 Å². The summed E-state index contributed by atoms with van der Waals surface area (Å²) in [5.74, 6) is 0.251. The summed E-state index contributed by atoms with van der Waals surface area (Å²) in [5.41, 5.74) is 1.23. The van der Waals surface area contributed by atoms with E-state index in [9.17, 15) is 21.6 Å². The Morgan fingerprint density at radius 3 is 2.34 bits per heavy atom. The van der Waals surface area contributed by atoms with Crippen molar-refractivity contribution < 1.29 is 31.1 Å². The molecule has 0 spiro atoms. The van der Waals surface area contributed by atoms with E-state index in [0.29, 0.717) is 17.2 Å². The van der Waals surface area contributed by atoms with E-state index in [2.05, 4.69) is 5.32 Å². The van der Waals surface area contributed by atoms with E-state index in [1.54, 1.807) is 36.4 Å². The lowest BCUT2D eigenvalue weighted by Crippen LogP contribution is -2.51. The summed E-state index contributed by atoms with van der Waals surface area (Å²) in [6.45, 7) is 1.89. The number of rotatable bonds is 9. The molecule has 38 heavy (non-hydrogen) atoms. The molecular formula is C26H29N3O7S2. The molecule has 3 aromatic rings. The predicted molar refractivity (Wildman–Crippen MR) is 142 cm³/mol. The van der Waals surface area contributed by atoms with Crippen molar-refractivity contribution in [3.8, 4) is 11.5 Å². The molecule has 10 nitrogen and oxygen atoms in total. The molecule has 1 atom stereocenters. The summed E-state index contributed by atoms with van der Waals surface area (Å²) in [6, 6.07) is 19.1. The van der Waals surface area contributed by atoms with Gasteiger partial charge in [-0.1, -0.05) is 24.3 Å². The molecule has 1 N–H and O–H groups in total. The number of benzene rings is 3. The number of fused-ring (bicyclic) bond motifs is 1. The second kappa shape index (κ2) is 11.0. The van der Waals surface area contributed by atoms with Crippen molar-refractivity contribution in [2.24, 2.45) is 0 Å². The predicted octanol–water partition coefficient (Wildman–Crippen LogP) is 2.40. The number of sulfonamides is 2. The first-order valence-electron chi connectivity index (χ1n) is 11.8. The fourth-order valence-electron chi connectivity index (χ4n) is 3.82. The van der Waals surface area contributed by atoms with Crippen LogP contribution in [0.1, 0.15) is 5.56 Å². The van der Waals surface area contributed by atoms with Gasteiger partial charge in [-0.15, -0.1) is 0 Å². The molecule has 0 fully saturated rings. The zero-order valence-electron chi connectivity index (χ0n) is 21.2. The number of nitrogens with one attached hydrogen (secondary N) is 1. The van der Waals surface area contributed by atoms with Gasteiger partial charge in [0.15, 0.2) is 6.10 Å². The van der Waals surface area contributed by atoms with Crippen molar-refractivity contribution in [3.63, 3.8) is 0 Å². The third-order valence-corrected chi connectivity index (χ3v) is 9.50. The number of anilines is 1. The van der Waals surface area contributed by atoms with E-state index in [0.717, 1.165) is 9.87 Å². The average Bonchev–Trinajstić information content (AvgIpc) is 2.91. The first-order valence-corrected chi connectivity index (χ1v) is 14.7. The molecule has 0 saturated carbocycles. The summed E-state index contributed by atoms with van der Waals surface area (Å²) >= 11 is 0. The molecule has 0 radical (unpaired) electrons. The van der Waals surface area contributed by atoms with Gasteiger partial charge in [0.05, 0.1) is 28.6 Å². The molecule has 0 aliphatic carbocycles. The summed E-state index contributed by atoms with van der Waals surface area (Å²) < 4.78 is 65.0. The highest BCUT2D eigenvalue weighted by Gasteiger charge is 2.37. The van der Waals surface area contributed by atoms with Gasteiger partial charge in [0.1, 0.15) is 18.1 Å². The van der Waals surface area contributed by atoms with Crippen molar-refractivity contribution in [1.82, 2.24) is 9.62 Å². The smallest absolute Gasteiger partial charge is 0.264 e. The van der Waals surface area contributed by atoms with E-state index in [1.165, 1.54) is 54.8 Å². The Morgan fingerprint density at radius 2 is 1.68 bits per heavy atom. The van der Waals surface area contributed by atoms with E-state index < -0.39 is 32.1 Å². The number of carbonyl (C=O) groups is 1. The molecule has 4 rings (SSSR count). The summed E-state index contributed by atoms with van der Waals surface area (Å²) in [6.07, 6.45) is -1.07. The Hall–Kier alpha value is -3.61. The monoisotopic (exact) mass is 559 g/mol.